The molecule has 156 valence electrons. The highest BCUT2D eigenvalue weighted by Gasteiger charge is 2.29. The number of amides is 1. The lowest BCUT2D eigenvalue weighted by Gasteiger charge is -2.37. The minimum absolute atomic E-state index is 0. The Morgan fingerprint density at radius 1 is 1.30 bits per heavy atom. The van der Waals surface area contributed by atoms with E-state index in [1.807, 2.05) is 24.0 Å². The first-order chi connectivity index (χ1) is 12.0. The summed E-state index contributed by atoms with van der Waals surface area (Å²) in [6, 6.07) is 1.07. The normalized spacial score (nSPS) is 22.1. The van der Waals surface area contributed by atoms with Gasteiger partial charge in [-0.05, 0) is 26.7 Å². The molecular weight excluding hydrogens is 387 g/mol. The lowest BCUT2D eigenvalue weighted by molar-refractivity contribution is -0.124. The first-order valence-corrected chi connectivity index (χ1v) is 9.50. The van der Waals surface area contributed by atoms with Crippen molar-refractivity contribution >= 4 is 30.7 Å². The number of halogens is 2. The maximum Gasteiger partial charge on any atom is 0.234 e. The highest BCUT2D eigenvalue weighted by Crippen LogP contribution is 2.20. The molecule has 0 aliphatic carbocycles. The Labute approximate surface area is 175 Å². The minimum atomic E-state index is 0. The minimum Gasteiger partial charge on any atom is -0.352 e. The van der Waals surface area contributed by atoms with E-state index in [0.717, 1.165) is 51.4 Å². The third kappa shape index (κ3) is 6.32. The molecule has 2 aliphatic rings. The number of hydrogen-bond acceptors (Lipinski definition) is 5. The van der Waals surface area contributed by atoms with Crippen molar-refractivity contribution in [3.8, 4) is 0 Å². The van der Waals surface area contributed by atoms with E-state index in [0.29, 0.717) is 18.6 Å². The van der Waals surface area contributed by atoms with Crippen LogP contribution >= 0.6 is 24.8 Å². The maximum atomic E-state index is 12.6. The summed E-state index contributed by atoms with van der Waals surface area (Å²) in [5, 5.41) is 6.67. The van der Waals surface area contributed by atoms with E-state index in [1.165, 1.54) is 0 Å². The van der Waals surface area contributed by atoms with Crippen molar-refractivity contribution in [3.05, 3.63) is 18.2 Å². The van der Waals surface area contributed by atoms with Crippen LogP contribution in [0.3, 0.4) is 0 Å². The Hall–Kier alpha value is -0.860. The van der Waals surface area contributed by atoms with Crippen molar-refractivity contribution in [2.45, 2.75) is 44.8 Å². The molecule has 7 nitrogen and oxygen atoms in total. The van der Waals surface area contributed by atoms with E-state index >= 15 is 0 Å². The largest absolute Gasteiger partial charge is 0.352 e. The Morgan fingerprint density at radius 2 is 2.00 bits per heavy atom. The van der Waals surface area contributed by atoms with Gasteiger partial charge in [0.25, 0.3) is 0 Å². The summed E-state index contributed by atoms with van der Waals surface area (Å²) in [5.41, 5.74) is 0. The molecule has 1 aromatic heterocycles. The van der Waals surface area contributed by atoms with Crippen LogP contribution in [0.5, 0.6) is 0 Å². The van der Waals surface area contributed by atoms with Crippen LogP contribution in [0.25, 0.3) is 0 Å². The number of piperazine rings is 1. The number of likely N-dealkylation sites (tertiary alicyclic amines) is 1. The Balaban J connectivity index is 0.00000182. The second-order valence-corrected chi connectivity index (χ2v) is 7.56. The number of hydrogen-bond donors (Lipinski definition) is 2. The molecule has 0 aromatic carbocycles. The number of carbonyl (C=O) groups excluding carboxylic acids is 1. The van der Waals surface area contributed by atoms with Crippen molar-refractivity contribution < 1.29 is 4.79 Å². The molecule has 1 unspecified atom stereocenters. The Morgan fingerprint density at radius 3 is 2.59 bits per heavy atom. The van der Waals surface area contributed by atoms with Crippen LogP contribution in [0.15, 0.2) is 12.4 Å². The molecule has 3 rings (SSSR count). The van der Waals surface area contributed by atoms with E-state index in [-0.39, 0.29) is 36.8 Å². The molecule has 1 amide bonds. The summed E-state index contributed by atoms with van der Waals surface area (Å²) in [6.45, 7) is 9.70. The number of aromatic nitrogens is 2. The van der Waals surface area contributed by atoms with E-state index < -0.39 is 0 Å². The van der Waals surface area contributed by atoms with Gasteiger partial charge >= 0.3 is 0 Å². The summed E-state index contributed by atoms with van der Waals surface area (Å²) in [5.74, 6) is 1.16. The van der Waals surface area contributed by atoms with Gasteiger partial charge in [0.1, 0.15) is 5.82 Å². The number of imidazole rings is 1. The van der Waals surface area contributed by atoms with Gasteiger partial charge < -0.3 is 20.1 Å². The van der Waals surface area contributed by atoms with Gasteiger partial charge in [-0.15, -0.1) is 24.8 Å². The molecule has 1 aromatic rings. The molecule has 2 fully saturated rings. The molecule has 27 heavy (non-hydrogen) atoms. The smallest absolute Gasteiger partial charge is 0.234 e. The van der Waals surface area contributed by atoms with Crippen LogP contribution in [-0.4, -0.2) is 76.6 Å². The predicted octanol–water partition coefficient (Wildman–Crippen LogP) is 1.20. The van der Waals surface area contributed by atoms with Gasteiger partial charge in [-0.2, -0.15) is 0 Å². The van der Waals surface area contributed by atoms with Crippen LogP contribution in [-0.2, 0) is 11.8 Å². The summed E-state index contributed by atoms with van der Waals surface area (Å²) in [4.78, 5) is 21.8. The molecule has 0 spiro atoms. The van der Waals surface area contributed by atoms with Gasteiger partial charge in [0, 0.05) is 64.2 Å². The van der Waals surface area contributed by atoms with Crippen LogP contribution in [0, 0.1) is 0 Å². The van der Waals surface area contributed by atoms with Crippen molar-refractivity contribution in [3.63, 3.8) is 0 Å². The number of carbonyl (C=O) groups is 1. The second-order valence-electron chi connectivity index (χ2n) is 7.56. The lowest BCUT2D eigenvalue weighted by atomic mass is 10.0. The third-order valence-corrected chi connectivity index (χ3v) is 5.48. The molecule has 2 aliphatic heterocycles. The van der Waals surface area contributed by atoms with E-state index in [1.54, 1.807) is 0 Å². The predicted molar refractivity (Wildman–Crippen MR) is 113 cm³/mol. The number of nitrogens with zero attached hydrogens (tertiary/aromatic N) is 4. The number of aryl methyl sites for hydroxylation is 1. The van der Waals surface area contributed by atoms with Gasteiger partial charge in [0.05, 0.1) is 12.6 Å². The molecular formula is C18H34Cl2N6O. The van der Waals surface area contributed by atoms with Crippen molar-refractivity contribution in [2.24, 2.45) is 7.05 Å². The fourth-order valence-electron chi connectivity index (χ4n) is 3.91. The molecule has 0 bridgehead atoms. The zero-order valence-corrected chi connectivity index (χ0v) is 18.2. The lowest BCUT2D eigenvalue weighted by Crippen LogP contribution is -2.52. The van der Waals surface area contributed by atoms with Gasteiger partial charge in [-0.3, -0.25) is 9.69 Å². The maximum absolute atomic E-state index is 12.6. The number of rotatable bonds is 5. The fourth-order valence-corrected chi connectivity index (χ4v) is 3.91. The Kier molecular flexibility index (Phi) is 10.0. The van der Waals surface area contributed by atoms with Crippen molar-refractivity contribution in [1.82, 2.24) is 30.0 Å². The second kappa shape index (κ2) is 11.2. The van der Waals surface area contributed by atoms with E-state index in [9.17, 15) is 4.79 Å². The first-order valence-electron chi connectivity index (χ1n) is 9.50. The van der Waals surface area contributed by atoms with Crippen LogP contribution in [0.4, 0.5) is 0 Å². The van der Waals surface area contributed by atoms with E-state index in [2.05, 4.69) is 39.3 Å². The monoisotopic (exact) mass is 420 g/mol. The molecule has 0 radical (unpaired) electrons. The van der Waals surface area contributed by atoms with Crippen molar-refractivity contribution in [1.29, 1.82) is 0 Å². The zero-order chi connectivity index (χ0) is 17.8. The zero-order valence-electron chi connectivity index (χ0n) is 16.6. The summed E-state index contributed by atoms with van der Waals surface area (Å²) < 4.78 is 2.05. The molecule has 3 heterocycles. The average molecular weight is 421 g/mol. The van der Waals surface area contributed by atoms with Crippen LogP contribution < -0.4 is 10.6 Å². The first kappa shape index (κ1) is 24.2. The SMILES string of the molecule is CC(C)N1CCC(NC(=O)CN2CCNCC2c2nccn2C)CC1.Cl.Cl. The highest BCUT2D eigenvalue weighted by molar-refractivity contribution is 5.85. The summed E-state index contributed by atoms with van der Waals surface area (Å²) >= 11 is 0. The van der Waals surface area contributed by atoms with Gasteiger partial charge in [0.2, 0.25) is 5.91 Å². The molecule has 9 heteroatoms. The number of nitrogens with one attached hydrogen (secondary N) is 2. The topological polar surface area (TPSA) is 65.4 Å². The quantitative estimate of drug-likeness (QED) is 0.748. The fraction of sp³-hybridized carbons (Fsp3) is 0.778. The number of piperidine rings is 1. The van der Waals surface area contributed by atoms with Gasteiger partial charge in [-0.1, -0.05) is 0 Å². The molecule has 0 saturated carbocycles. The molecule has 2 saturated heterocycles. The average Bonchev–Trinajstić information content (AvgIpc) is 3.01. The summed E-state index contributed by atoms with van der Waals surface area (Å²) in [6.07, 6.45) is 5.89. The molecule has 2 N–H and O–H groups in total. The van der Waals surface area contributed by atoms with E-state index in [4.69, 9.17) is 0 Å². The van der Waals surface area contributed by atoms with Crippen LogP contribution in [0.2, 0.25) is 0 Å². The molecule has 1 atom stereocenters. The highest BCUT2D eigenvalue weighted by atomic mass is 35.5. The Bertz CT molecular complexity index is 574. The third-order valence-electron chi connectivity index (χ3n) is 5.48. The summed E-state index contributed by atoms with van der Waals surface area (Å²) in [7, 11) is 2.01. The van der Waals surface area contributed by atoms with Gasteiger partial charge in [0.15, 0.2) is 0 Å². The standard InChI is InChI=1S/C18H32N6O.2ClH/c1-14(2)23-8-4-15(5-9-23)21-17(25)13-24-11-6-19-12-16(24)18-20-7-10-22(18)3;;/h7,10,14-16,19H,4-6,8-9,11-13H2,1-3H3,(H,21,25);2*1H. The van der Waals surface area contributed by atoms with Crippen LogP contribution in [0.1, 0.15) is 38.6 Å². The van der Waals surface area contributed by atoms with Gasteiger partial charge in [-0.25, -0.2) is 4.98 Å². The van der Waals surface area contributed by atoms with Crippen molar-refractivity contribution in [2.75, 3.05) is 39.3 Å².